The van der Waals surface area contributed by atoms with Crippen molar-refractivity contribution in [1.29, 1.82) is 0 Å². The van der Waals surface area contributed by atoms with E-state index in [1.165, 1.54) is 0 Å². The molecule has 1 atom stereocenters. The van der Waals surface area contributed by atoms with E-state index >= 15 is 0 Å². The van der Waals surface area contributed by atoms with Gasteiger partial charge in [-0.3, -0.25) is 14.4 Å². The van der Waals surface area contributed by atoms with Crippen molar-refractivity contribution in [1.82, 2.24) is 20.5 Å². The van der Waals surface area contributed by atoms with Gasteiger partial charge in [0.15, 0.2) is 0 Å². The smallest absolute Gasteiger partial charge is 0.303 e. The molecule has 2 N–H and O–H groups in total. The second-order valence-corrected chi connectivity index (χ2v) is 7.06. The lowest BCUT2D eigenvalue weighted by Gasteiger charge is -2.29. The maximum Gasteiger partial charge on any atom is 0.303 e. The third-order valence-corrected chi connectivity index (χ3v) is 5.03. The van der Waals surface area contributed by atoms with Gasteiger partial charge in [-0.2, -0.15) is 0 Å². The number of rotatable bonds is 8. The first-order valence-corrected chi connectivity index (χ1v) is 8.85. The number of nitrogens with zero attached hydrogens (tertiary/aromatic N) is 3. The number of aromatic nitrogens is 2. The van der Waals surface area contributed by atoms with Gasteiger partial charge in [-0.25, -0.2) is 4.63 Å². The summed E-state index contributed by atoms with van der Waals surface area (Å²) in [4.78, 5) is 36.7. The van der Waals surface area contributed by atoms with Crippen LogP contribution in [0.25, 0.3) is 11.0 Å². The van der Waals surface area contributed by atoms with Crippen LogP contribution in [-0.2, 0) is 20.9 Å². The number of nitrogens with one attached hydrogen (secondary N) is 1. The van der Waals surface area contributed by atoms with Gasteiger partial charge < -0.3 is 15.3 Å². The molecule has 1 fully saturated rings. The molecule has 0 aliphatic carbocycles. The SMILES string of the molecule is CN(Cc1ccc2nonc2c1)C(=O)CCC1(CCC(=O)O)CCC(=O)N1. The zero-order valence-corrected chi connectivity index (χ0v) is 15.1. The summed E-state index contributed by atoms with van der Waals surface area (Å²) in [6.07, 6.45) is 1.91. The van der Waals surface area contributed by atoms with E-state index in [0.29, 0.717) is 43.3 Å². The largest absolute Gasteiger partial charge is 0.481 e. The number of aliphatic carboxylic acids is 1. The summed E-state index contributed by atoms with van der Waals surface area (Å²) in [7, 11) is 1.71. The van der Waals surface area contributed by atoms with Gasteiger partial charge in [0.05, 0.1) is 0 Å². The molecule has 1 aliphatic heterocycles. The van der Waals surface area contributed by atoms with Crippen molar-refractivity contribution in [3.63, 3.8) is 0 Å². The Labute approximate surface area is 155 Å². The van der Waals surface area contributed by atoms with Gasteiger partial charge in [-0.15, -0.1) is 0 Å². The van der Waals surface area contributed by atoms with Crippen molar-refractivity contribution in [3.05, 3.63) is 23.8 Å². The minimum Gasteiger partial charge on any atom is -0.481 e. The maximum atomic E-state index is 12.5. The van der Waals surface area contributed by atoms with Gasteiger partial charge in [0.25, 0.3) is 0 Å². The highest BCUT2D eigenvalue weighted by Gasteiger charge is 2.38. The number of hydrogen-bond donors (Lipinski definition) is 2. The average Bonchev–Trinajstić information content (AvgIpc) is 3.24. The first-order valence-electron chi connectivity index (χ1n) is 8.85. The van der Waals surface area contributed by atoms with Gasteiger partial charge in [0.2, 0.25) is 11.8 Å². The average molecular weight is 374 g/mol. The molecule has 9 heteroatoms. The van der Waals surface area contributed by atoms with Crippen LogP contribution >= 0.6 is 0 Å². The fraction of sp³-hybridized carbons (Fsp3) is 0.500. The van der Waals surface area contributed by atoms with Crippen molar-refractivity contribution >= 4 is 28.8 Å². The van der Waals surface area contributed by atoms with Crippen LogP contribution in [0.15, 0.2) is 22.8 Å². The van der Waals surface area contributed by atoms with Crippen LogP contribution in [0.3, 0.4) is 0 Å². The Bertz CT molecular complexity index is 864. The maximum absolute atomic E-state index is 12.5. The highest BCUT2D eigenvalue weighted by molar-refractivity contribution is 5.80. The molecular weight excluding hydrogens is 352 g/mol. The van der Waals surface area contributed by atoms with Crippen molar-refractivity contribution in [2.45, 2.75) is 50.6 Å². The molecule has 0 spiro atoms. The molecule has 0 radical (unpaired) electrons. The van der Waals surface area contributed by atoms with Crippen LogP contribution in [-0.4, -0.2) is 50.7 Å². The van der Waals surface area contributed by atoms with Crippen LogP contribution < -0.4 is 5.32 Å². The number of fused-ring (bicyclic) bond motifs is 1. The molecular formula is C18H22N4O5. The number of hydrogen-bond acceptors (Lipinski definition) is 6. The minimum absolute atomic E-state index is 0.0317. The van der Waals surface area contributed by atoms with E-state index in [2.05, 4.69) is 20.3 Å². The van der Waals surface area contributed by atoms with Crippen LogP contribution in [0.1, 0.15) is 44.1 Å². The van der Waals surface area contributed by atoms with E-state index < -0.39 is 11.5 Å². The summed E-state index contributed by atoms with van der Waals surface area (Å²) >= 11 is 0. The summed E-state index contributed by atoms with van der Waals surface area (Å²) < 4.78 is 4.67. The molecule has 1 unspecified atom stereocenters. The van der Waals surface area contributed by atoms with Crippen LogP contribution in [0, 0.1) is 0 Å². The van der Waals surface area contributed by atoms with Crippen LogP contribution in [0.5, 0.6) is 0 Å². The standard InChI is InChI=1S/C18H22N4O5/c1-22(11-12-2-3-13-14(10-12)21-27-20-13)16(24)5-8-18(9-6-17(25)26)7-4-15(23)19-18/h2-3,10H,4-9,11H2,1H3,(H,19,23)(H,25,26). The van der Waals surface area contributed by atoms with E-state index in [1.54, 1.807) is 18.0 Å². The van der Waals surface area contributed by atoms with Crippen molar-refractivity contribution < 1.29 is 24.1 Å². The summed E-state index contributed by atoms with van der Waals surface area (Å²) in [6.45, 7) is 0.413. The number of carbonyl (C=O) groups is 3. The van der Waals surface area contributed by atoms with Gasteiger partial charge >= 0.3 is 5.97 Å². The molecule has 1 aromatic carbocycles. The van der Waals surface area contributed by atoms with E-state index in [-0.39, 0.29) is 24.7 Å². The Hall–Kier alpha value is -2.97. The van der Waals surface area contributed by atoms with Crippen molar-refractivity contribution in [2.24, 2.45) is 0 Å². The minimum atomic E-state index is -0.906. The van der Waals surface area contributed by atoms with Crippen LogP contribution in [0.4, 0.5) is 0 Å². The van der Waals surface area contributed by atoms with Gasteiger partial charge in [0, 0.05) is 38.4 Å². The lowest BCUT2D eigenvalue weighted by molar-refractivity contribution is -0.137. The Kier molecular flexibility index (Phi) is 5.38. The first kappa shape index (κ1) is 18.8. The highest BCUT2D eigenvalue weighted by atomic mass is 16.6. The molecule has 0 saturated carbocycles. The Morgan fingerprint density at radius 1 is 1.26 bits per heavy atom. The van der Waals surface area contributed by atoms with Gasteiger partial charge in [0.1, 0.15) is 11.0 Å². The molecule has 3 rings (SSSR count). The normalized spacial score (nSPS) is 19.2. The predicted octanol–water partition coefficient (Wildman–Crippen LogP) is 1.47. The van der Waals surface area contributed by atoms with E-state index in [4.69, 9.17) is 5.11 Å². The van der Waals surface area contributed by atoms with Crippen molar-refractivity contribution in [2.75, 3.05) is 7.05 Å². The number of carboxylic acids is 1. The topological polar surface area (TPSA) is 126 Å². The van der Waals surface area contributed by atoms with E-state index in [0.717, 1.165) is 5.56 Å². The predicted molar refractivity (Wildman–Crippen MR) is 94.5 cm³/mol. The van der Waals surface area contributed by atoms with Gasteiger partial charge in [-0.1, -0.05) is 6.07 Å². The molecule has 0 bridgehead atoms. The fourth-order valence-electron chi connectivity index (χ4n) is 3.44. The molecule has 1 aliphatic rings. The molecule has 2 amide bonds. The second kappa shape index (κ2) is 7.73. The lowest BCUT2D eigenvalue weighted by Crippen LogP contribution is -2.43. The third-order valence-electron chi connectivity index (χ3n) is 5.03. The summed E-state index contributed by atoms with van der Waals surface area (Å²) in [5.74, 6) is -1.06. The quantitative estimate of drug-likeness (QED) is 0.716. The fourth-order valence-corrected chi connectivity index (χ4v) is 3.44. The lowest BCUT2D eigenvalue weighted by atomic mass is 9.86. The molecule has 2 aromatic rings. The number of carbonyl (C=O) groups excluding carboxylic acids is 2. The van der Waals surface area contributed by atoms with Crippen molar-refractivity contribution in [3.8, 4) is 0 Å². The molecule has 27 heavy (non-hydrogen) atoms. The third kappa shape index (κ3) is 4.60. The Morgan fingerprint density at radius 3 is 2.70 bits per heavy atom. The zero-order chi connectivity index (χ0) is 19.4. The number of benzene rings is 1. The van der Waals surface area contributed by atoms with Gasteiger partial charge in [-0.05, 0) is 47.3 Å². The zero-order valence-electron chi connectivity index (χ0n) is 15.1. The molecule has 1 saturated heterocycles. The summed E-state index contributed by atoms with van der Waals surface area (Å²) in [5.41, 5.74) is 1.60. The number of carboxylic acid groups (broad SMARTS) is 1. The van der Waals surface area contributed by atoms with E-state index in [9.17, 15) is 14.4 Å². The summed E-state index contributed by atoms with van der Waals surface area (Å²) in [6, 6.07) is 5.47. The molecule has 144 valence electrons. The monoisotopic (exact) mass is 374 g/mol. The Morgan fingerprint density at radius 2 is 2.00 bits per heavy atom. The first-order chi connectivity index (χ1) is 12.9. The van der Waals surface area contributed by atoms with Crippen LogP contribution in [0.2, 0.25) is 0 Å². The van der Waals surface area contributed by atoms with E-state index in [1.807, 2.05) is 12.1 Å². The number of amides is 2. The summed E-state index contributed by atoms with van der Waals surface area (Å²) in [5, 5.41) is 19.4. The second-order valence-electron chi connectivity index (χ2n) is 7.06. The highest BCUT2D eigenvalue weighted by Crippen LogP contribution is 2.30. The molecule has 2 heterocycles. The molecule has 1 aromatic heterocycles. The molecule has 9 nitrogen and oxygen atoms in total. The Balaban J connectivity index is 1.57.